The van der Waals surface area contributed by atoms with Crippen molar-refractivity contribution in [1.82, 2.24) is 15.2 Å². The van der Waals surface area contributed by atoms with E-state index < -0.39 is 0 Å². The molecule has 0 aliphatic carbocycles. The highest BCUT2D eigenvalue weighted by molar-refractivity contribution is 7.09. The third kappa shape index (κ3) is 8.31. The largest absolute Gasteiger partial charge is 0.356 e. The molecule has 5 nitrogen and oxygen atoms in total. The van der Waals surface area contributed by atoms with Crippen LogP contribution in [0, 0.1) is 12.8 Å². The Labute approximate surface area is 155 Å². The predicted molar refractivity (Wildman–Crippen MR) is 101 cm³/mol. The quantitative estimate of drug-likeness (QED) is 0.791. The number of carbonyl (C=O) groups is 1. The lowest BCUT2D eigenvalue weighted by molar-refractivity contribution is -0.121. The fourth-order valence-corrected chi connectivity index (χ4v) is 3.29. The first-order valence-electron chi connectivity index (χ1n) is 7.68. The Morgan fingerprint density at radius 2 is 2.13 bits per heavy atom. The van der Waals surface area contributed by atoms with Crippen molar-refractivity contribution in [2.45, 2.75) is 45.7 Å². The first-order valence-corrected chi connectivity index (χ1v) is 8.56. The molecule has 3 N–H and O–H groups in total. The van der Waals surface area contributed by atoms with E-state index in [1.807, 2.05) is 13.8 Å². The van der Waals surface area contributed by atoms with E-state index in [1.165, 1.54) is 5.69 Å². The predicted octanol–water partition coefficient (Wildman–Crippen LogP) is 2.36. The van der Waals surface area contributed by atoms with Crippen molar-refractivity contribution in [3.63, 3.8) is 0 Å². The van der Waals surface area contributed by atoms with E-state index in [9.17, 15) is 4.79 Å². The summed E-state index contributed by atoms with van der Waals surface area (Å²) in [4.78, 5) is 18.6. The van der Waals surface area contributed by atoms with Crippen LogP contribution in [0.1, 0.15) is 36.9 Å². The Bertz CT molecular complexity index is 462. The van der Waals surface area contributed by atoms with Crippen LogP contribution in [0.2, 0.25) is 0 Å². The van der Waals surface area contributed by atoms with Gasteiger partial charge in [0.25, 0.3) is 0 Å². The Hall–Kier alpha value is -0.400. The number of nitrogens with two attached hydrogens (primary N) is 1. The van der Waals surface area contributed by atoms with Crippen LogP contribution in [-0.4, -0.2) is 41.5 Å². The number of aromatic nitrogens is 1. The molecule has 23 heavy (non-hydrogen) atoms. The van der Waals surface area contributed by atoms with E-state index in [1.54, 1.807) is 11.3 Å². The van der Waals surface area contributed by atoms with Crippen molar-refractivity contribution in [3.8, 4) is 0 Å². The summed E-state index contributed by atoms with van der Waals surface area (Å²) in [5, 5.41) is 6.29. The number of aryl methyl sites for hydroxylation is 1. The van der Waals surface area contributed by atoms with Gasteiger partial charge in [0.2, 0.25) is 5.91 Å². The van der Waals surface area contributed by atoms with Crippen molar-refractivity contribution in [1.29, 1.82) is 0 Å². The third-order valence-corrected chi connectivity index (χ3v) is 4.68. The van der Waals surface area contributed by atoms with Gasteiger partial charge in [0, 0.05) is 30.9 Å². The maximum atomic E-state index is 11.6. The molecule has 0 saturated carbocycles. The summed E-state index contributed by atoms with van der Waals surface area (Å²) in [6.45, 7) is 7.82. The summed E-state index contributed by atoms with van der Waals surface area (Å²) in [5.41, 5.74) is 6.80. The molecule has 1 aliphatic heterocycles. The van der Waals surface area contributed by atoms with Crippen LogP contribution in [0.3, 0.4) is 0 Å². The molecule has 134 valence electrons. The van der Waals surface area contributed by atoms with E-state index in [0.717, 1.165) is 44.0 Å². The number of rotatable bonds is 6. The van der Waals surface area contributed by atoms with Gasteiger partial charge < -0.3 is 11.1 Å². The van der Waals surface area contributed by atoms with Crippen LogP contribution in [-0.2, 0) is 11.3 Å². The molecule has 2 heterocycles. The highest BCUT2D eigenvalue weighted by Gasteiger charge is 2.20. The minimum atomic E-state index is -0.0617. The average molecular weight is 383 g/mol. The number of hydrogen-bond donors (Lipinski definition) is 2. The summed E-state index contributed by atoms with van der Waals surface area (Å²) in [7, 11) is 0. The van der Waals surface area contributed by atoms with Crippen LogP contribution in [0.15, 0.2) is 5.38 Å². The van der Waals surface area contributed by atoms with Gasteiger partial charge >= 0.3 is 0 Å². The smallest absolute Gasteiger partial charge is 0.221 e. The molecule has 2 rings (SSSR count). The molecule has 1 atom stereocenters. The van der Waals surface area contributed by atoms with E-state index in [2.05, 4.69) is 20.6 Å². The first kappa shape index (κ1) is 22.6. The zero-order valence-electron chi connectivity index (χ0n) is 13.8. The van der Waals surface area contributed by atoms with Crippen LogP contribution in [0.25, 0.3) is 0 Å². The monoisotopic (exact) mass is 382 g/mol. The Kier molecular flexibility index (Phi) is 11.0. The zero-order chi connectivity index (χ0) is 15.2. The Morgan fingerprint density at radius 1 is 1.48 bits per heavy atom. The van der Waals surface area contributed by atoms with Gasteiger partial charge in [0.1, 0.15) is 0 Å². The van der Waals surface area contributed by atoms with Crippen LogP contribution in [0.4, 0.5) is 0 Å². The standard InChI is InChI=1S/C15H26N4OS.2ClH/c1-11(16)7-15(20)17-8-13-3-5-19(6-4-13)9-14-10-21-12(2)18-14;;/h10-11,13H,3-9,16H2,1-2H3,(H,17,20);2*1H. The molecule has 1 amide bonds. The van der Waals surface area contributed by atoms with Crippen LogP contribution < -0.4 is 11.1 Å². The van der Waals surface area contributed by atoms with Crippen molar-refractivity contribution in [2.24, 2.45) is 11.7 Å². The van der Waals surface area contributed by atoms with Crippen LogP contribution in [0.5, 0.6) is 0 Å². The average Bonchev–Trinajstić information content (AvgIpc) is 2.83. The van der Waals surface area contributed by atoms with Gasteiger partial charge in [0.05, 0.1) is 10.7 Å². The van der Waals surface area contributed by atoms with Gasteiger partial charge in [-0.05, 0) is 45.7 Å². The molecule has 0 spiro atoms. The Morgan fingerprint density at radius 3 is 2.65 bits per heavy atom. The van der Waals surface area contributed by atoms with Gasteiger partial charge in [-0.2, -0.15) is 0 Å². The number of thiazole rings is 1. The number of amides is 1. The molecular formula is C15H28Cl2N4OS. The molecular weight excluding hydrogens is 355 g/mol. The second-order valence-corrected chi connectivity index (χ2v) is 7.13. The van der Waals surface area contributed by atoms with Crippen molar-refractivity contribution >= 4 is 42.1 Å². The molecule has 0 bridgehead atoms. The van der Waals surface area contributed by atoms with Gasteiger partial charge in [0.15, 0.2) is 0 Å². The molecule has 1 aromatic heterocycles. The minimum absolute atomic E-state index is 0. The molecule has 1 fully saturated rings. The first-order chi connectivity index (χ1) is 10.0. The van der Waals surface area contributed by atoms with Crippen LogP contribution >= 0.6 is 36.2 Å². The number of piperidine rings is 1. The number of halogens is 2. The van der Waals surface area contributed by atoms with Gasteiger partial charge in [-0.1, -0.05) is 0 Å². The molecule has 1 aliphatic rings. The number of likely N-dealkylation sites (tertiary alicyclic amines) is 1. The molecule has 0 radical (unpaired) electrons. The van der Waals surface area contributed by atoms with Crippen molar-refractivity contribution in [3.05, 3.63) is 16.1 Å². The normalized spacial score (nSPS) is 17.0. The third-order valence-electron chi connectivity index (χ3n) is 3.85. The zero-order valence-corrected chi connectivity index (χ0v) is 16.2. The van der Waals surface area contributed by atoms with E-state index >= 15 is 0 Å². The topological polar surface area (TPSA) is 71.2 Å². The fraction of sp³-hybridized carbons (Fsp3) is 0.733. The lowest BCUT2D eigenvalue weighted by Gasteiger charge is -2.31. The summed E-state index contributed by atoms with van der Waals surface area (Å²) < 4.78 is 0. The second-order valence-electron chi connectivity index (χ2n) is 6.06. The molecule has 0 aromatic carbocycles. The van der Waals surface area contributed by atoms with Gasteiger partial charge in [-0.3, -0.25) is 9.69 Å². The lowest BCUT2D eigenvalue weighted by Crippen LogP contribution is -2.39. The lowest BCUT2D eigenvalue weighted by atomic mass is 9.96. The highest BCUT2D eigenvalue weighted by atomic mass is 35.5. The molecule has 1 aromatic rings. The van der Waals surface area contributed by atoms with Gasteiger partial charge in [-0.25, -0.2) is 4.98 Å². The van der Waals surface area contributed by atoms with E-state index in [4.69, 9.17) is 5.73 Å². The second kappa shape index (κ2) is 11.2. The number of carbonyl (C=O) groups excluding carboxylic acids is 1. The molecule has 1 saturated heterocycles. The van der Waals surface area contributed by atoms with Gasteiger partial charge in [-0.15, -0.1) is 36.2 Å². The number of nitrogens with one attached hydrogen (secondary N) is 1. The van der Waals surface area contributed by atoms with E-state index in [-0.39, 0.29) is 36.8 Å². The summed E-state index contributed by atoms with van der Waals surface area (Å²) in [6.07, 6.45) is 2.70. The highest BCUT2D eigenvalue weighted by Crippen LogP contribution is 2.19. The minimum Gasteiger partial charge on any atom is -0.356 e. The summed E-state index contributed by atoms with van der Waals surface area (Å²) >= 11 is 1.71. The summed E-state index contributed by atoms with van der Waals surface area (Å²) in [5.74, 6) is 0.667. The van der Waals surface area contributed by atoms with Crippen molar-refractivity contribution in [2.75, 3.05) is 19.6 Å². The maximum absolute atomic E-state index is 11.6. The number of hydrogen-bond acceptors (Lipinski definition) is 5. The van der Waals surface area contributed by atoms with E-state index in [0.29, 0.717) is 12.3 Å². The molecule has 8 heteroatoms. The number of nitrogens with zero attached hydrogens (tertiary/aromatic N) is 2. The maximum Gasteiger partial charge on any atom is 0.221 e. The van der Waals surface area contributed by atoms with Crippen molar-refractivity contribution < 1.29 is 4.79 Å². The fourth-order valence-electron chi connectivity index (χ4n) is 2.68. The summed E-state index contributed by atoms with van der Waals surface area (Å²) in [6, 6.07) is -0.0617. The SMILES string of the molecule is Cc1nc(CN2CCC(CNC(=O)CC(C)N)CC2)cs1.Cl.Cl. The molecule has 1 unspecified atom stereocenters. The Balaban J connectivity index is 0.00000242.